The van der Waals surface area contributed by atoms with Crippen molar-refractivity contribution < 1.29 is 9.53 Å². The van der Waals surface area contributed by atoms with E-state index in [0.29, 0.717) is 19.0 Å². The molecule has 24 heavy (non-hydrogen) atoms. The van der Waals surface area contributed by atoms with Gasteiger partial charge in [0.2, 0.25) is 5.91 Å². The van der Waals surface area contributed by atoms with Gasteiger partial charge in [0.25, 0.3) is 0 Å². The zero-order chi connectivity index (χ0) is 17.2. The number of aryl methyl sites for hydroxylation is 2. The summed E-state index contributed by atoms with van der Waals surface area (Å²) < 4.78 is 5.22. The van der Waals surface area contributed by atoms with Gasteiger partial charge in [-0.15, -0.1) is 0 Å². The van der Waals surface area contributed by atoms with Gasteiger partial charge in [-0.1, -0.05) is 6.92 Å². The number of amides is 1. The number of carbonyl (C=O) groups is 1. The molecule has 0 aliphatic carbocycles. The zero-order valence-corrected chi connectivity index (χ0v) is 15.1. The molecule has 0 saturated carbocycles. The normalized spacial score (nSPS) is 23.0. The fraction of sp³-hybridized carbons (Fsp3) is 0.684. The summed E-state index contributed by atoms with van der Waals surface area (Å²) in [5.41, 5.74) is 3.54. The summed E-state index contributed by atoms with van der Waals surface area (Å²) in [6.45, 7) is 7.52. The maximum Gasteiger partial charge on any atom is 0.220 e. The molecule has 3 rings (SSSR count). The molecule has 0 unspecified atom stereocenters. The lowest BCUT2D eigenvalue weighted by Crippen LogP contribution is -2.48. The molecule has 0 bridgehead atoms. The van der Waals surface area contributed by atoms with Gasteiger partial charge in [-0.05, 0) is 57.5 Å². The molecule has 0 radical (unpaired) electrons. The molecule has 2 fully saturated rings. The van der Waals surface area contributed by atoms with Crippen LogP contribution in [0.15, 0.2) is 12.1 Å². The first kappa shape index (κ1) is 17.4. The Morgan fingerprint density at radius 1 is 1.46 bits per heavy atom. The highest BCUT2D eigenvalue weighted by Crippen LogP contribution is 2.30. The number of aromatic nitrogens is 1. The molecular weight excluding hydrogens is 302 g/mol. The molecule has 1 aromatic heterocycles. The third-order valence-corrected chi connectivity index (χ3v) is 5.15. The Morgan fingerprint density at radius 2 is 2.25 bits per heavy atom. The van der Waals surface area contributed by atoms with Crippen molar-refractivity contribution in [3.8, 4) is 0 Å². The number of pyridine rings is 1. The molecule has 2 aliphatic heterocycles. The van der Waals surface area contributed by atoms with Gasteiger partial charge in [0, 0.05) is 24.1 Å². The Hall–Kier alpha value is -1.46. The smallest absolute Gasteiger partial charge is 0.220 e. The van der Waals surface area contributed by atoms with Gasteiger partial charge in [-0.3, -0.25) is 14.7 Å². The van der Waals surface area contributed by atoms with Crippen LogP contribution in [0.3, 0.4) is 0 Å². The van der Waals surface area contributed by atoms with Crippen LogP contribution in [-0.2, 0) is 16.0 Å². The lowest BCUT2D eigenvalue weighted by atomic mass is 9.89. The van der Waals surface area contributed by atoms with E-state index in [2.05, 4.69) is 36.3 Å². The predicted octanol–water partition coefficient (Wildman–Crippen LogP) is 2.24. The van der Waals surface area contributed by atoms with Crippen molar-refractivity contribution in [2.75, 3.05) is 33.4 Å². The Morgan fingerprint density at radius 3 is 2.88 bits per heavy atom. The number of hydrogen-bond donors (Lipinski definition) is 1. The third kappa shape index (κ3) is 4.14. The number of ether oxygens (including phenoxy) is 1. The Kier molecular flexibility index (Phi) is 5.21. The molecule has 0 aromatic carbocycles. The van der Waals surface area contributed by atoms with Crippen molar-refractivity contribution in [1.29, 1.82) is 0 Å². The Labute approximate surface area is 144 Å². The first-order valence-corrected chi connectivity index (χ1v) is 8.97. The topological polar surface area (TPSA) is 54.5 Å². The quantitative estimate of drug-likeness (QED) is 0.869. The van der Waals surface area contributed by atoms with Crippen LogP contribution < -0.4 is 5.32 Å². The monoisotopic (exact) mass is 331 g/mol. The van der Waals surface area contributed by atoms with Crippen LogP contribution in [-0.4, -0.2) is 49.1 Å². The number of likely N-dealkylation sites (tertiary alicyclic amines) is 1. The van der Waals surface area contributed by atoms with Gasteiger partial charge in [0.1, 0.15) is 0 Å². The van der Waals surface area contributed by atoms with Gasteiger partial charge >= 0.3 is 0 Å². The summed E-state index contributed by atoms with van der Waals surface area (Å²) in [4.78, 5) is 19.2. The summed E-state index contributed by atoms with van der Waals surface area (Å²) in [5, 5.41) is 3.04. The molecule has 2 saturated heterocycles. The fourth-order valence-electron chi connectivity index (χ4n) is 3.58. The minimum atomic E-state index is 0.122. The summed E-state index contributed by atoms with van der Waals surface area (Å²) in [6.07, 6.45) is 3.71. The molecule has 1 amide bonds. The second-order valence-corrected chi connectivity index (χ2v) is 7.76. The third-order valence-electron chi connectivity index (χ3n) is 5.15. The van der Waals surface area contributed by atoms with Crippen molar-refractivity contribution >= 4 is 5.91 Å². The minimum Gasteiger partial charge on any atom is -0.380 e. The molecule has 1 atom stereocenters. The molecule has 5 heteroatoms. The first-order valence-electron chi connectivity index (χ1n) is 8.97. The lowest BCUT2D eigenvalue weighted by molar-refractivity contribution is -0.126. The Bertz CT molecular complexity index is 598. The van der Waals surface area contributed by atoms with Crippen LogP contribution in [0.4, 0.5) is 0 Å². The number of hydrogen-bond acceptors (Lipinski definition) is 4. The maximum atomic E-state index is 12.1. The molecule has 1 aromatic rings. The summed E-state index contributed by atoms with van der Waals surface area (Å²) >= 11 is 0. The van der Waals surface area contributed by atoms with Gasteiger partial charge in [-0.2, -0.15) is 0 Å². The summed E-state index contributed by atoms with van der Waals surface area (Å²) in [5.74, 6) is 0.122. The van der Waals surface area contributed by atoms with Crippen molar-refractivity contribution in [2.24, 2.45) is 5.41 Å². The number of rotatable bonds is 6. The second kappa shape index (κ2) is 7.19. The SMILES string of the molecule is Cc1cc(CCC(=O)NCC2(C)COC2)cc([C@H]2CCCN2C)n1. The van der Waals surface area contributed by atoms with E-state index < -0.39 is 0 Å². The van der Waals surface area contributed by atoms with Crippen molar-refractivity contribution in [3.05, 3.63) is 29.1 Å². The number of nitrogens with zero attached hydrogens (tertiary/aromatic N) is 2. The van der Waals surface area contributed by atoms with Gasteiger partial charge in [0.05, 0.1) is 24.9 Å². The number of carbonyl (C=O) groups excluding carboxylic acids is 1. The van der Waals surface area contributed by atoms with E-state index in [4.69, 9.17) is 9.72 Å². The first-order chi connectivity index (χ1) is 11.5. The van der Waals surface area contributed by atoms with Crippen molar-refractivity contribution in [2.45, 2.75) is 45.6 Å². The van der Waals surface area contributed by atoms with E-state index >= 15 is 0 Å². The molecule has 0 spiro atoms. The zero-order valence-electron chi connectivity index (χ0n) is 15.1. The molecule has 1 N–H and O–H groups in total. The average molecular weight is 331 g/mol. The Balaban J connectivity index is 1.54. The molecular formula is C19H29N3O2. The van der Waals surface area contributed by atoms with Crippen LogP contribution in [0.2, 0.25) is 0 Å². The summed E-state index contributed by atoms with van der Waals surface area (Å²) in [6, 6.07) is 4.72. The summed E-state index contributed by atoms with van der Waals surface area (Å²) in [7, 11) is 2.17. The molecule has 3 heterocycles. The van der Waals surface area contributed by atoms with Crippen LogP contribution >= 0.6 is 0 Å². The van der Waals surface area contributed by atoms with E-state index in [9.17, 15) is 4.79 Å². The lowest BCUT2D eigenvalue weighted by Gasteiger charge is -2.38. The van der Waals surface area contributed by atoms with Crippen LogP contribution in [0.25, 0.3) is 0 Å². The van der Waals surface area contributed by atoms with E-state index in [0.717, 1.165) is 37.6 Å². The van der Waals surface area contributed by atoms with Crippen molar-refractivity contribution in [3.63, 3.8) is 0 Å². The predicted molar refractivity (Wildman–Crippen MR) is 93.8 cm³/mol. The number of nitrogens with one attached hydrogen (secondary N) is 1. The van der Waals surface area contributed by atoms with Gasteiger partial charge in [0.15, 0.2) is 0 Å². The molecule has 2 aliphatic rings. The van der Waals surface area contributed by atoms with Gasteiger partial charge < -0.3 is 10.1 Å². The average Bonchev–Trinajstić information content (AvgIpc) is 2.94. The van der Waals surface area contributed by atoms with Crippen molar-refractivity contribution in [1.82, 2.24) is 15.2 Å². The maximum absolute atomic E-state index is 12.1. The van der Waals surface area contributed by atoms with E-state index in [1.165, 1.54) is 18.4 Å². The highest BCUT2D eigenvalue weighted by molar-refractivity contribution is 5.76. The standard InChI is InChI=1S/C19H29N3O2/c1-14-9-15(10-16(21-14)17-5-4-8-22(17)3)6-7-18(23)20-11-19(2)12-24-13-19/h9-10,17H,4-8,11-13H2,1-3H3,(H,20,23)/t17-/m1/s1. The van der Waals surface area contributed by atoms with Gasteiger partial charge in [-0.25, -0.2) is 0 Å². The van der Waals surface area contributed by atoms with E-state index in [1.807, 2.05) is 6.92 Å². The van der Waals surface area contributed by atoms with Crippen LogP contribution in [0, 0.1) is 12.3 Å². The molecule has 132 valence electrons. The fourth-order valence-corrected chi connectivity index (χ4v) is 3.58. The second-order valence-electron chi connectivity index (χ2n) is 7.76. The highest BCUT2D eigenvalue weighted by Gasteiger charge is 2.33. The largest absolute Gasteiger partial charge is 0.380 e. The van der Waals surface area contributed by atoms with E-state index in [-0.39, 0.29) is 11.3 Å². The minimum absolute atomic E-state index is 0.122. The van der Waals surface area contributed by atoms with Crippen LogP contribution in [0.5, 0.6) is 0 Å². The van der Waals surface area contributed by atoms with E-state index in [1.54, 1.807) is 0 Å². The molecule has 5 nitrogen and oxygen atoms in total. The van der Waals surface area contributed by atoms with Crippen LogP contribution in [0.1, 0.15) is 49.2 Å². The highest BCUT2D eigenvalue weighted by atomic mass is 16.5.